The molecule has 0 radical (unpaired) electrons. The predicted molar refractivity (Wildman–Crippen MR) is 137 cm³/mol. The summed E-state index contributed by atoms with van der Waals surface area (Å²) in [7, 11) is 0. The van der Waals surface area contributed by atoms with E-state index in [1.165, 1.54) is 36.0 Å². The summed E-state index contributed by atoms with van der Waals surface area (Å²) >= 11 is -2.00. The van der Waals surface area contributed by atoms with Gasteiger partial charge in [0.1, 0.15) is 0 Å². The Labute approximate surface area is 227 Å². The van der Waals surface area contributed by atoms with Gasteiger partial charge in [-0.3, -0.25) is 0 Å². The summed E-state index contributed by atoms with van der Waals surface area (Å²) < 4.78 is 5.59. The summed E-state index contributed by atoms with van der Waals surface area (Å²) in [6, 6.07) is 7.64. The van der Waals surface area contributed by atoms with Crippen LogP contribution in [0, 0.1) is 13.8 Å². The van der Waals surface area contributed by atoms with Crippen molar-refractivity contribution < 1.29 is 46.1 Å². The van der Waals surface area contributed by atoms with Crippen LogP contribution in [0.15, 0.2) is 39.7 Å². The molecule has 180 valence electrons. The van der Waals surface area contributed by atoms with E-state index < -0.39 is 21.3 Å². The Bertz CT molecular complexity index is 1240. The van der Waals surface area contributed by atoms with Gasteiger partial charge >= 0.3 is 204 Å². The van der Waals surface area contributed by atoms with Gasteiger partial charge in [0.15, 0.2) is 0 Å². The van der Waals surface area contributed by atoms with Crippen molar-refractivity contribution in [1.82, 2.24) is 0 Å². The molecule has 0 aliphatic heterocycles. The van der Waals surface area contributed by atoms with Gasteiger partial charge in [-0.25, -0.2) is 0 Å². The number of fused-ring (bicyclic) bond motifs is 3. The number of rotatable bonds is 2. The van der Waals surface area contributed by atoms with Crippen LogP contribution < -0.4 is 28.1 Å². The molecule has 2 aromatic rings. The second-order valence-corrected chi connectivity index (χ2v) is 18.6. The molecule has 0 amide bonds. The number of hydrogen-bond acceptors (Lipinski definition) is 0. The Morgan fingerprint density at radius 2 is 1.41 bits per heavy atom. The van der Waals surface area contributed by atoms with Crippen molar-refractivity contribution in [3.8, 4) is 11.1 Å². The van der Waals surface area contributed by atoms with Crippen molar-refractivity contribution in [3.05, 3.63) is 73.1 Å². The van der Waals surface area contributed by atoms with Crippen molar-refractivity contribution in [1.29, 1.82) is 0 Å². The van der Waals surface area contributed by atoms with Gasteiger partial charge < -0.3 is 24.8 Å². The first-order valence-corrected chi connectivity index (χ1v) is 16.1. The Morgan fingerprint density at radius 3 is 1.94 bits per heavy atom. The van der Waals surface area contributed by atoms with E-state index in [0.717, 1.165) is 6.42 Å². The minimum Gasteiger partial charge on any atom is -1.00 e. The van der Waals surface area contributed by atoms with E-state index in [1.807, 2.05) is 6.48 Å². The second-order valence-electron chi connectivity index (χ2n) is 12.3. The fraction of sp³-hybridized carbons (Fsp3) is 0.452. The minimum atomic E-state index is -2.00. The average Bonchev–Trinajstić information content (AvgIpc) is 3.23. The monoisotopic (exact) mass is 570 g/mol. The fourth-order valence-corrected chi connectivity index (χ4v) is 14.3. The molecule has 0 saturated heterocycles. The Balaban J connectivity index is 0.00000162. The largest absolute Gasteiger partial charge is 1.00 e. The normalized spacial score (nSPS) is 15.6. The fourth-order valence-electron chi connectivity index (χ4n) is 6.05. The van der Waals surface area contributed by atoms with Crippen LogP contribution in [-0.2, 0) is 38.5 Å². The van der Waals surface area contributed by atoms with Crippen molar-refractivity contribution in [3.63, 3.8) is 0 Å². The summed E-state index contributed by atoms with van der Waals surface area (Å²) in [6.07, 6.45) is 12.3. The predicted octanol–water partition coefficient (Wildman–Crippen LogP) is 1.53. The molecule has 0 nitrogen and oxygen atoms in total. The van der Waals surface area contributed by atoms with Crippen LogP contribution in [-0.4, -0.2) is 3.21 Å². The third-order valence-corrected chi connectivity index (χ3v) is 16.0. The molecule has 0 bridgehead atoms. The third kappa shape index (κ3) is 4.79. The number of aryl methyl sites for hydroxylation is 1. The summed E-state index contributed by atoms with van der Waals surface area (Å²) in [5, 5.41) is 0. The van der Waals surface area contributed by atoms with Gasteiger partial charge in [0.2, 0.25) is 0 Å². The van der Waals surface area contributed by atoms with Crippen molar-refractivity contribution in [2.24, 2.45) is 0 Å². The molecular formula is C31H38Cl2Zr. The maximum absolute atomic E-state index is 2.58. The van der Waals surface area contributed by atoms with Crippen LogP contribution in [0.2, 0.25) is 0 Å². The molecule has 3 aliphatic rings. The maximum Gasteiger partial charge on any atom is -1.00 e. The number of hydrogen-bond donors (Lipinski definition) is 0. The van der Waals surface area contributed by atoms with Gasteiger partial charge in [-0.15, -0.1) is 0 Å². The van der Waals surface area contributed by atoms with Gasteiger partial charge in [0.25, 0.3) is 0 Å². The van der Waals surface area contributed by atoms with Gasteiger partial charge in [-0.1, -0.05) is 0 Å². The van der Waals surface area contributed by atoms with E-state index in [2.05, 4.69) is 91.8 Å². The van der Waals surface area contributed by atoms with E-state index in [-0.39, 0.29) is 35.6 Å². The maximum atomic E-state index is 2.58. The molecule has 3 heteroatoms. The van der Waals surface area contributed by atoms with Crippen LogP contribution >= 0.6 is 0 Å². The topological polar surface area (TPSA) is 0 Å². The minimum absolute atomic E-state index is 0. The van der Waals surface area contributed by atoms with E-state index in [9.17, 15) is 0 Å². The zero-order valence-electron chi connectivity index (χ0n) is 22.0. The molecule has 34 heavy (non-hydrogen) atoms. The molecule has 2 aromatic carbocycles. The summed E-state index contributed by atoms with van der Waals surface area (Å²) in [4.78, 5) is 0. The molecule has 0 N–H and O–H groups in total. The van der Waals surface area contributed by atoms with Crippen LogP contribution in [0.5, 0.6) is 0 Å². The SMILES string of the molecule is Cc1cc2c(cc1C(C)(C)C)-c1cc(C(C)(C)C)c(C)[c]([Zr+2]([C]3=CC=CC3)=[C]3CC3)c1C2.[Cl-].[Cl-]. The molecule has 0 aromatic heterocycles. The first-order valence-electron chi connectivity index (χ1n) is 12.4. The van der Waals surface area contributed by atoms with E-state index in [4.69, 9.17) is 0 Å². The van der Waals surface area contributed by atoms with E-state index in [0.29, 0.717) is 0 Å². The zero-order chi connectivity index (χ0) is 23.0. The van der Waals surface area contributed by atoms with Crippen LogP contribution in [0.3, 0.4) is 0 Å². The second kappa shape index (κ2) is 9.61. The van der Waals surface area contributed by atoms with Crippen LogP contribution in [0.25, 0.3) is 11.1 Å². The Morgan fingerprint density at radius 1 is 0.794 bits per heavy atom. The first-order chi connectivity index (χ1) is 15.0. The van der Waals surface area contributed by atoms with Gasteiger partial charge in [-0.05, 0) is 0 Å². The van der Waals surface area contributed by atoms with Crippen LogP contribution in [0.1, 0.15) is 94.2 Å². The quantitative estimate of drug-likeness (QED) is 0.437. The van der Waals surface area contributed by atoms with Crippen LogP contribution in [0.4, 0.5) is 0 Å². The molecule has 1 saturated carbocycles. The molecule has 0 spiro atoms. The molecule has 1 fully saturated rings. The molecule has 5 rings (SSSR count). The van der Waals surface area contributed by atoms with Gasteiger partial charge in [-0.2, -0.15) is 0 Å². The van der Waals surface area contributed by atoms with Crippen molar-refractivity contribution in [2.45, 2.75) is 91.9 Å². The summed E-state index contributed by atoms with van der Waals surface area (Å²) in [6.45, 7) is 19.0. The van der Waals surface area contributed by atoms with Gasteiger partial charge in [0.05, 0.1) is 0 Å². The Kier molecular flexibility index (Phi) is 7.87. The Hall–Kier alpha value is -0.747. The third-order valence-electron chi connectivity index (χ3n) is 7.61. The van der Waals surface area contributed by atoms with Crippen molar-refractivity contribution in [2.75, 3.05) is 0 Å². The molecule has 3 aliphatic carbocycles. The summed E-state index contributed by atoms with van der Waals surface area (Å²) in [5.41, 5.74) is 12.8. The average molecular weight is 573 g/mol. The van der Waals surface area contributed by atoms with Gasteiger partial charge in [0, 0.05) is 0 Å². The molecule has 0 heterocycles. The smallest absolute Gasteiger partial charge is 1.00 e. The standard InChI is InChI=1S/C23H29.C5H5.C3H4.2ClH.Zr/c1-14-9-16-11-17-10-15(2)21(23(6,7)8)13-19(17)18(16)12-20(14)22(3,4)5;1-2-4-5-3-1;1-2-3-1;;;/h9,12-13H,11H2,1-8H3;1-3H,4H2;1-2H2;2*1H;/q;;;;;+2/p-2. The molecule has 0 atom stereocenters. The number of benzene rings is 2. The number of halogens is 2. The zero-order valence-corrected chi connectivity index (χ0v) is 26.0. The molecular weight excluding hydrogens is 534 g/mol. The summed E-state index contributed by atoms with van der Waals surface area (Å²) in [5.74, 6) is 0. The first kappa shape index (κ1) is 27.8. The van der Waals surface area contributed by atoms with E-state index in [1.54, 1.807) is 31.1 Å². The van der Waals surface area contributed by atoms with E-state index >= 15 is 0 Å². The molecule has 0 unspecified atom stereocenters. The number of allylic oxidation sites excluding steroid dienone is 4. The van der Waals surface area contributed by atoms with Crippen molar-refractivity contribution >= 4 is 6.48 Å².